The van der Waals surface area contributed by atoms with E-state index < -0.39 is 5.60 Å². The molecule has 0 saturated carbocycles. The van der Waals surface area contributed by atoms with Crippen molar-refractivity contribution in [2.45, 2.75) is 25.5 Å². The molecular formula is C11H23N3O. The van der Waals surface area contributed by atoms with Gasteiger partial charge >= 0.3 is 0 Å². The molecule has 88 valence electrons. The standard InChI is InChI=1S/C11H23N3O/c1-11(2,15)9-13-3-5-14(6-4-13)10-7-12-8-10/h10,12,15H,3-9H2,1-2H3. The number of piperazine rings is 1. The Morgan fingerprint density at radius 1 is 1.20 bits per heavy atom. The van der Waals surface area contributed by atoms with Crippen LogP contribution in [0, 0.1) is 0 Å². The van der Waals surface area contributed by atoms with Gasteiger partial charge in [0.25, 0.3) is 0 Å². The van der Waals surface area contributed by atoms with E-state index in [-0.39, 0.29) is 0 Å². The Bertz CT molecular complexity index is 202. The van der Waals surface area contributed by atoms with Crippen molar-refractivity contribution in [3.8, 4) is 0 Å². The topological polar surface area (TPSA) is 38.7 Å². The summed E-state index contributed by atoms with van der Waals surface area (Å²) >= 11 is 0. The summed E-state index contributed by atoms with van der Waals surface area (Å²) in [6.07, 6.45) is 0. The maximum absolute atomic E-state index is 9.74. The summed E-state index contributed by atoms with van der Waals surface area (Å²) in [5.41, 5.74) is -0.555. The second kappa shape index (κ2) is 4.37. The lowest BCUT2D eigenvalue weighted by Crippen LogP contribution is -2.62. The Kier molecular flexibility index (Phi) is 3.30. The third-order valence-corrected chi connectivity index (χ3v) is 3.29. The quantitative estimate of drug-likeness (QED) is 0.653. The summed E-state index contributed by atoms with van der Waals surface area (Å²) in [5, 5.41) is 13.0. The first kappa shape index (κ1) is 11.3. The molecule has 2 heterocycles. The normalized spacial score (nSPS) is 26.6. The number of β-amino-alcohol motifs (C(OH)–C–C–N with tert-alkyl or cyclic N) is 1. The fourth-order valence-electron chi connectivity index (χ4n) is 2.37. The van der Waals surface area contributed by atoms with Crippen LogP contribution in [0.15, 0.2) is 0 Å². The van der Waals surface area contributed by atoms with Crippen LogP contribution < -0.4 is 5.32 Å². The largest absolute Gasteiger partial charge is 0.389 e. The van der Waals surface area contributed by atoms with Crippen LogP contribution >= 0.6 is 0 Å². The number of nitrogens with one attached hydrogen (secondary N) is 1. The van der Waals surface area contributed by atoms with E-state index in [4.69, 9.17) is 0 Å². The first-order valence-electron chi connectivity index (χ1n) is 5.94. The van der Waals surface area contributed by atoms with Crippen LogP contribution in [-0.4, -0.2) is 72.4 Å². The lowest BCUT2D eigenvalue weighted by Gasteiger charge is -2.44. The molecule has 0 aromatic rings. The molecule has 0 bridgehead atoms. The Balaban J connectivity index is 1.72. The number of rotatable bonds is 3. The van der Waals surface area contributed by atoms with Gasteiger partial charge in [-0.05, 0) is 13.8 Å². The fraction of sp³-hybridized carbons (Fsp3) is 1.00. The van der Waals surface area contributed by atoms with E-state index in [1.807, 2.05) is 13.8 Å². The summed E-state index contributed by atoms with van der Waals surface area (Å²) in [6, 6.07) is 0.772. The summed E-state index contributed by atoms with van der Waals surface area (Å²) < 4.78 is 0. The summed E-state index contributed by atoms with van der Waals surface area (Å²) in [7, 11) is 0. The molecule has 0 radical (unpaired) electrons. The average molecular weight is 213 g/mol. The maximum Gasteiger partial charge on any atom is 0.0718 e. The van der Waals surface area contributed by atoms with Crippen molar-refractivity contribution >= 4 is 0 Å². The second-order valence-electron chi connectivity index (χ2n) is 5.44. The SMILES string of the molecule is CC(C)(O)CN1CCN(C2CNC2)CC1. The van der Waals surface area contributed by atoms with Gasteiger partial charge in [0.1, 0.15) is 0 Å². The number of hydrogen-bond acceptors (Lipinski definition) is 4. The second-order valence-corrected chi connectivity index (χ2v) is 5.44. The van der Waals surface area contributed by atoms with E-state index in [1.165, 1.54) is 0 Å². The molecule has 2 aliphatic heterocycles. The van der Waals surface area contributed by atoms with Crippen molar-refractivity contribution in [1.82, 2.24) is 15.1 Å². The monoisotopic (exact) mass is 213 g/mol. The molecule has 0 atom stereocenters. The molecule has 2 fully saturated rings. The Morgan fingerprint density at radius 3 is 2.20 bits per heavy atom. The van der Waals surface area contributed by atoms with Gasteiger partial charge < -0.3 is 10.4 Å². The molecule has 0 spiro atoms. The van der Waals surface area contributed by atoms with Crippen LogP contribution in [0.5, 0.6) is 0 Å². The molecule has 0 aromatic carbocycles. The highest BCUT2D eigenvalue weighted by molar-refractivity contribution is 4.88. The highest BCUT2D eigenvalue weighted by Gasteiger charge is 2.29. The molecule has 0 unspecified atom stereocenters. The smallest absolute Gasteiger partial charge is 0.0718 e. The van der Waals surface area contributed by atoms with Crippen LogP contribution in [0.25, 0.3) is 0 Å². The molecule has 2 rings (SSSR count). The van der Waals surface area contributed by atoms with Gasteiger partial charge in [-0.25, -0.2) is 0 Å². The van der Waals surface area contributed by atoms with Gasteiger partial charge in [-0.1, -0.05) is 0 Å². The molecule has 2 saturated heterocycles. The number of hydrogen-bond donors (Lipinski definition) is 2. The van der Waals surface area contributed by atoms with Gasteiger partial charge in [0.05, 0.1) is 5.60 Å². The van der Waals surface area contributed by atoms with E-state index in [2.05, 4.69) is 15.1 Å². The maximum atomic E-state index is 9.74. The van der Waals surface area contributed by atoms with Gasteiger partial charge in [-0.2, -0.15) is 0 Å². The van der Waals surface area contributed by atoms with Gasteiger partial charge in [-0.3, -0.25) is 9.80 Å². The van der Waals surface area contributed by atoms with Gasteiger partial charge in [0, 0.05) is 51.9 Å². The van der Waals surface area contributed by atoms with Crippen LogP contribution in [0.2, 0.25) is 0 Å². The molecular weight excluding hydrogens is 190 g/mol. The third-order valence-electron chi connectivity index (χ3n) is 3.29. The summed E-state index contributed by atoms with van der Waals surface area (Å²) in [6.45, 7) is 11.4. The summed E-state index contributed by atoms with van der Waals surface area (Å²) in [4.78, 5) is 4.93. The van der Waals surface area contributed by atoms with Crippen molar-refractivity contribution in [2.75, 3.05) is 45.8 Å². The average Bonchev–Trinajstić information content (AvgIpc) is 2.02. The molecule has 4 nitrogen and oxygen atoms in total. The van der Waals surface area contributed by atoms with E-state index >= 15 is 0 Å². The highest BCUT2D eigenvalue weighted by atomic mass is 16.3. The van der Waals surface area contributed by atoms with E-state index in [1.54, 1.807) is 0 Å². The predicted molar refractivity (Wildman–Crippen MR) is 61.0 cm³/mol. The predicted octanol–water partition coefficient (Wildman–Crippen LogP) is -0.653. The van der Waals surface area contributed by atoms with Gasteiger partial charge in [0.15, 0.2) is 0 Å². The minimum atomic E-state index is -0.555. The van der Waals surface area contributed by atoms with Crippen LogP contribution in [0.3, 0.4) is 0 Å². The number of aliphatic hydroxyl groups is 1. The first-order valence-corrected chi connectivity index (χ1v) is 5.94. The van der Waals surface area contributed by atoms with E-state index in [0.29, 0.717) is 0 Å². The van der Waals surface area contributed by atoms with Gasteiger partial charge in [-0.15, -0.1) is 0 Å². The minimum absolute atomic E-state index is 0.555. The molecule has 0 amide bonds. The van der Waals surface area contributed by atoms with Crippen molar-refractivity contribution in [3.63, 3.8) is 0 Å². The molecule has 0 aliphatic carbocycles. The molecule has 2 aliphatic rings. The van der Waals surface area contributed by atoms with Crippen LogP contribution in [0.1, 0.15) is 13.8 Å². The fourth-order valence-corrected chi connectivity index (χ4v) is 2.37. The van der Waals surface area contributed by atoms with Crippen molar-refractivity contribution in [2.24, 2.45) is 0 Å². The van der Waals surface area contributed by atoms with Gasteiger partial charge in [0.2, 0.25) is 0 Å². The number of nitrogens with zero attached hydrogens (tertiary/aromatic N) is 2. The summed E-state index contributed by atoms with van der Waals surface area (Å²) in [5.74, 6) is 0. The third kappa shape index (κ3) is 3.14. The highest BCUT2D eigenvalue weighted by Crippen LogP contribution is 2.12. The van der Waals surface area contributed by atoms with Crippen molar-refractivity contribution < 1.29 is 5.11 Å². The minimum Gasteiger partial charge on any atom is -0.389 e. The zero-order chi connectivity index (χ0) is 10.9. The Morgan fingerprint density at radius 2 is 1.80 bits per heavy atom. The van der Waals surface area contributed by atoms with Crippen molar-refractivity contribution in [3.05, 3.63) is 0 Å². The van der Waals surface area contributed by atoms with E-state index in [0.717, 1.165) is 51.9 Å². The molecule has 0 aromatic heterocycles. The lowest BCUT2D eigenvalue weighted by atomic mass is 10.1. The molecule has 15 heavy (non-hydrogen) atoms. The van der Waals surface area contributed by atoms with E-state index in [9.17, 15) is 5.11 Å². The lowest BCUT2D eigenvalue weighted by molar-refractivity contribution is 0.00606. The molecule has 4 heteroatoms. The zero-order valence-electron chi connectivity index (χ0n) is 9.87. The zero-order valence-corrected chi connectivity index (χ0v) is 9.87. The Labute approximate surface area is 92.2 Å². The molecule has 2 N–H and O–H groups in total. The van der Waals surface area contributed by atoms with Crippen LogP contribution in [-0.2, 0) is 0 Å². The van der Waals surface area contributed by atoms with Crippen LogP contribution in [0.4, 0.5) is 0 Å². The first-order chi connectivity index (χ1) is 7.04. The van der Waals surface area contributed by atoms with Crippen molar-refractivity contribution in [1.29, 1.82) is 0 Å². The Hall–Kier alpha value is -0.160.